The Bertz CT molecular complexity index is 1270. The minimum Gasteiger partial charge on any atom is -0.497 e. The number of nitrogens with two attached hydrogens (primary N) is 1. The molecule has 4 N–H and O–H groups in total. The van der Waals surface area contributed by atoms with E-state index in [-0.39, 0.29) is 11.9 Å². The molecule has 2 amide bonds. The first-order chi connectivity index (χ1) is 16.4. The zero-order valence-corrected chi connectivity index (χ0v) is 19.1. The van der Waals surface area contributed by atoms with Crippen LogP contribution in [0.1, 0.15) is 25.5 Å². The van der Waals surface area contributed by atoms with Crippen molar-refractivity contribution in [3.63, 3.8) is 0 Å². The van der Waals surface area contributed by atoms with E-state index >= 15 is 0 Å². The van der Waals surface area contributed by atoms with Crippen molar-refractivity contribution >= 4 is 23.4 Å². The van der Waals surface area contributed by atoms with Crippen LogP contribution in [0.3, 0.4) is 0 Å². The number of rotatable bonds is 7. The van der Waals surface area contributed by atoms with E-state index in [1.165, 1.54) is 0 Å². The first-order valence-corrected chi connectivity index (χ1v) is 10.7. The van der Waals surface area contributed by atoms with Crippen LogP contribution < -0.4 is 25.8 Å². The van der Waals surface area contributed by atoms with Gasteiger partial charge in [-0.05, 0) is 60.5 Å². The molecule has 4 aromatic rings. The Morgan fingerprint density at radius 1 is 0.941 bits per heavy atom. The predicted molar refractivity (Wildman–Crippen MR) is 132 cm³/mol. The highest BCUT2D eigenvalue weighted by molar-refractivity contribution is 5.99. The maximum Gasteiger partial charge on any atom is 0.324 e. The predicted octanol–water partition coefficient (Wildman–Crippen LogP) is 5.42. The average molecular weight is 459 g/mol. The maximum atomic E-state index is 12.7. The van der Waals surface area contributed by atoms with E-state index in [1.807, 2.05) is 30.3 Å². The van der Waals surface area contributed by atoms with Gasteiger partial charge in [-0.15, -0.1) is 0 Å². The van der Waals surface area contributed by atoms with Crippen LogP contribution in [0.2, 0.25) is 0 Å². The lowest BCUT2D eigenvalue weighted by molar-refractivity contribution is 0.262. The molecule has 2 heterocycles. The van der Waals surface area contributed by atoms with Crippen molar-refractivity contribution in [2.45, 2.75) is 19.8 Å². The zero-order chi connectivity index (χ0) is 24.1. The van der Waals surface area contributed by atoms with E-state index in [2.05, 4.69) is 34.6 Å². The molecule has 0 saturated carbocycles. The molecular formula is C25H26N6O3. The van der Waals surface area contributed by atoms with Crippen molar-refractivity contribution < 1.29 is 14.3 Å². The molecule has 9 nitrogen and oxygen atoms in total. The fourth-order valence-electron chi connectivity index (χ4n) is 3.20. The molecule has 0 bridgehead atoms. The Hall–Kier alpha value is -4.53. The minimum absolute atomic E-state index is 0.200. The van der Waals surface area contributed by atoms with Crippen molar-refractivity contribution in [1.29, 1.82) is 0 Å². The molecule has 0 spiro atoms. The lowest BCUT2D eigenvalue weighted by Crippen LogP contribution is -2.21. The van der Waals surface area contributed by atoms with Crippen LogP contribution in [0.25, 0.3) is 5.69 Å². The fraction of sp³-hybridized carbons (Fsp3) is 0.160. The number of hydrogen-bond acceptors (Lipinski definition) is 6. The van der Waals surface area contributed by atoms with E-state index in [4.69, 9.17) is 15.2 Å². The summed E-state index contributed by atoms with van der Waals surface area (Å²) in [5.74, 6) is 3.07. The van der Waals surface area contributed by atoms with Gasteiger partial charge in [-0.1, -0.05) is 13.8 Å². The monoisotopic (exact) mass is 458 g/mol. The summed E-state index contributed by atoms with van der Waals surface area (Å²) in [4.78, 5) is 16.7. The van der Waals surface area contributed by atoms with E-state index in [0.29, 0.717) is 28.8 Å². The summed E-state index contributed by atoms with van der Waals surface area (Å²) in [6, 6.07) is 19.3. The number of urea groups is 1. The third kappa shape index (κ3) is 5.44. The first kappa shape index (κ1) is 22.7. The highest BCUT2D eigenvalue weighted by atomic mass is 16.5. The van der Waals surface area contributed by atoms with Crippen molar-refractivity contribution in [3.05, 3.63) is 78.6 Å². The second-order valence-electron chi connectivity index (χ2n) is 7.84. The number of hydrogen-bond donors (Lipinski definition) is 3. The number of methoxy groups -OCH3 is 1. The molecule has 0 radical (unpaired) electrons. The van der Waals surface area contributed by atoms with Gasteiger partial charge in [-0.2, -0.15) is 5.10 Å². The number of nitrogens with one attached hydrogen (secondary N) is 2. The number of carbonyl (C=O) groups is 1. The lowest BCUT2D eigenvalue weighted by atomic mass is 10.1. The van der Waals surface area contributed by atoms with Gasteiger partial charge in [0.2, 0.25) is 0 Å². The molecule has 174 valence electrons. The summed E-state index contributed by atoms with van der Waals surface area (Å²) in [6.45, 7) is 4.10. The van der Waals surface area contributed by atoms with Crippen molar-refractivity contribution in [1.82, 2.24) is 14.8 Å². The van der Waals surface area contributed by atoms with Gasteiger partial charge in [-0.25, -0.2) is 14.5 Å². The molecule has 4 rings (SSSR count). The van der Waals surface area contributed by atoms with Gasteiger partial charge in [0.05, 0.1) is 18.5 Å². The van der Waals surface area contributed by atoms with Crippen LogP contribution in [-0.2, 0) is 0 Å². The number of carbonyl (C=O) groups excluding carboxylic acids is 1. The van der Waals surface area contributed by atoms with Crippen molar-refractivity contribution in [3.8, 4) is 22.9 Å². The Balaban J connectivity index is 1.46. The smallest absolute Gasteiger partial charge is 0.324 e. The summed E-state index contributed by atoms with van der Waals surface area (Å²) in [5.41, 5.74) is 7.96. The molecule has 34 heavy (non-hydrogen) atoms. The van der Waals surface area contributed by atoms with Gasteiger partial charge < -0.3 is 20.5 Å². The van der Waals surface area contributed by atoms with Gasteiger partial charge in [-0.3, -0.25) is 5.32 Å². The average Bonchev–Trinajstić information content (AvgIpc) is 3.24. The molecule has 0 aliphatic carbocycles. The Morgan fingerprint density at radius 2 is 1.65 bits per heavy atom. The molecule has 0 fully saturated rings. The minimum atomic E-state index is -0.388. The summed E-state index contributed by atoms with van der Waals surface area (Å²) in [7, 11) is 1.62. The van der Waals surface area contributed by atoms with Crippen LogP contribution in [0.4, 0.5) is 22.1 Å². The van der Waals surface area contributed by atoms with Crippen LogP contribution in [-0.4, -0.2) is 27.9 Å². The molecule has 2 aromatic carbocycles. The number of benzene rings is 2. The largest absolute Gasteiger partial charge is 0.497 e. The Labute approximate surface area is 197 Å². The molecule has 0 aliphatic rings. The maximum absolute atomic E-state index is 12.7. The molecule has 0 saturated heterocycles. The van der Waals surface area contributed by atoms with Crippen LogP contribution >= 0.6 is 0 Å². The number of ether oxygens (including phenoxy) is 2. The van der Waals surface area contributed by atoms with Crippen molar-refractivity contribution in [2.75, 3.05) is 23.5 Å². The second kappa shape index (κ2) is 9.95. The summed E-state index contributed by atoms with van der Waals surface area (Å²) in [6.07, 6.45) is 1.58. The standard InChI is InChI=1S/C25H26N6O3/c1-16(2)22-15-24(31(30-22)18-6-10-19(33-3)11-7-18)29-25(32)28-17-4-8-20(9-5-17)34-21-12-13-27-23(26)14-21/h4-16H,1-3H3,(H2,26,27)(H2,28,29,32). The van der Waals surface area contributed by atoms with Gasteiger partial charge in [0.1, 0.15) is 28.9 Å². The molecule has 0 unspecified atom stereocenters. The van der Waals surface area contributed by atoms with E-state index in [9.17, 15) is 4.79 Å². The highest BCUT2D eigenvalue weighted by Gasteiger charge is 2.15. The third-order valence-corrected chi connectivity index (χ3v) is 4.98. The molecule has 0 aliphatic heterocycles. The zero-order valence-electron chi connectivity index (χ0n) is 19.1. The number of nitrogen functional groups attached to an aromatic ring is 1. The van der Waals surface area contributed by atoms with Gasteiger partial charge in [0.25, 0.3) is 0 Å². The molecule has 2 aromatic heterocycles. The Kier molecular flexibility index (Phi) is 6.63. The van der Waals surface area contributed by atoms with E-state index in [0.717, 1.165) is 17.1 Å². The fourth-order valence-corrected chi connectivity index (χ4v) is 3.20. The molecule has 0 atom stereocenters. The summed E-state index contributed by atoms with van der Waals surface area (Å²) in [5, 5.41) is 10.4. The number of nitrogens with zero attached hydrogens (tertiary/aromatic N) is 3. The molecular weight excluding hydrogens is 432 g/mol. The topological polar surface area (TPSA) is 116 Å². The summed E-state index contributed by atoms with van der Waals surface area (Å²) >= 11 is 0. The number of amides is 2. The van der Waals surface area contributed by atoms with Gasteiger partial charge in [0, 0.05) is 24.0 Å². The Morgan fingerprint density at radius 3 is 2.29 bits per heavy atom. The SMILES string of the molecule is COc1ccc(-n2nc(C(C)C)cc2NC(=O)Nc2ccc(Oc3ccnc(N)c3)cc2)cc1. The second-order valence-corrected chi connectivity index (χ2v) is 7.84. The summed E-state index contributed by atoms with van der Waals surface area (Å²) < 4.78 is 12.7. The number of pyridine rings is 1. The quantitative estimate of drug-likeness (QED) is 0.341. The van der Waals surface area contributed by atoms with Crippen LogP contribution in [0, 0.1) is 0 Å². The number of aromatic nitrogens is 3. The number of anilines is 3. The van der Waals surface area contributed by atoms with Gasteiger partial charge >= 0.3 is 6.03 Å². The highest BCUT2D eigenvalue weighted by Crippen LogP contribution is 2.25. The van der Waals surface area contributed by atoms with E-state index < -0.39 is 0 Å². The lowest BCUT2D eigenvalue weighted by Gasteiger charge is -2.11. The normalized spacial score (nSPS) is 10.7. The van der Waals surface area contributed by atoms with E-state index in [1.54, 1.807) is 54.4 Å². The van der Waals surface area contributed by atoms with Crippen LogP contribution in [0.15, 0.2) is 72.9 Å². The molecule has 9 heteroatoms. The third-order valence-electron chi connectivity index (χ3n) is 4.98. The van der Waals surface area contributed by atoms with Crippen LogP contribution in [0.5, 0.6) is 17.2 Å². The van der Waals surface area contributed by atoms with Gasteiger partial charge in [0.15, 0.2) is 0 Å². The first-order valence-electron chi connectivity index (χ1n) is 10.7. The van der Waals surface area contributed by atoms with Crippen molar-refractivity contribution in [2.24, 2.45) is 0 Å².